The summed E-state index contributed by atoms with van der Waals surface area (Å²) in [6, 6.07) is 7.49. The molecule has 2 saturated heterocycles. The summed E-state index contributed by atoms with van der Waals surface area (Å²) in [5.41, 5.74) is 0.390. The Morgan fingerprint density at radius 3 is 2.33 bits per heavy atom. The summed E-state index contributed by atoms with van der Waals surface area (Å²) in [6.07, 6.45) is 7.10. The zero-order chi connectivity index (χ0) is 32.8. The number of rotatable bonds is 12. The third-order valence-corrected chi connectivity index (χ3v) is 8.38. The molecule has 2 fully saturated rings. The first kappa shape index (κ1) is 33.1. The lowest BCUT2D eigenvalue weighted by Crippen LogP contribution is -2.54. The number of nitrogens with zero attached hydrogens (tertiary/aromatic N) is 4. The molecule has 1 N–H and O–H groups in total. The van der Waals surface area contributed by atoms with E-state index in [2.05, 4.69) is 20.1 Å². The molecule has 4 heterocycles. The molecule has 12 heteroatoms. The van der Waals surface area contributed by atoms with Crippen LogP contribution < -0.4 is 15.0 Å². The van der Waals surface area contributed by atoms with Gasteiger partial charge >= 0.3 is 5.97 Å². The van der Waals surface area contributed by atoms with Gasteiger partial charge in [-0.15, -0.1) is 0 Å². The SMILES string of the molecule is CC(C)(C)OC(=O)c1ccc(N2CCN(CCCCCCCOc3ccc4c(c3)C(=O)N(C3CCC(=O)NC3=O)C4=O)CC2)nc1. The van der Waals surface area contributed by atoms with Crippen molar-refractivity contribution in [1.29, 1.82) is 0 Å². The average molecular weight is 634 g/mol. The number of fused-ring (bicyclic) bond motifs is 1. The zero-order valence-electron chi connectivity index (χ0n) is 26.9. The highest BCUT2D eigenvalue weighted by molar-refractivity contribution is 6.23. The highest BCUT2D eigenvalue weighted by atomic mass is 16.6. The van der Waals surface area contributed by atoms with Crippen molar-refractivity contribution in [3.8, 4) is 5.75 Å². The molecule has 12 nitrogen and oxygen atoms in total. The Kier molecular flexibility index (Phi) is 10.4. The number of esters is 1. The molecule has 0 aliphatic carbocycles. The number of pyridine rings is 1. The van der Waals surface area contributed by atoms with E-state index in [1.165, 1.54) is 0 Å². The van der Waals surface area contributed by atoms with Gasteiger partial charge in [0, 0.05) is 38.8 Å². The molecule has 3 aliphatic heterocycles. The van der Waals surface area contributed by atoms with Crippen molar-refractivity contribution < 1.29 is 33.4 Å². The number of benzene rings is 1. The molecule has 0 spiro atoms. The van der Waals surface area contributed by atoms with E-state index in [1.807, 2.05) is 26.8 Å². The summed E-state index contributed by atoms with van der Waals surface area (Å²) >= 11 is 0. The van der Waals surface area contributed by atoms with Gasteiger partial charge in [-0.25, -0.2) is 9.78 Å². The van der Waals surface area contributed by atoms with Crippen molar-refractivity contribution in [2.75, 3.05) is 44.2 Å². The predicted molar refractivity (Wildman–Crippen MR) is 170 cm³/mol. The summed E-state index contributed by atoms with van der Waals surface area (Å²) in [6.45, 7) is 10.9. The fourth-order valence-corrected chi connectivity index (χ4v) is 5.93. The monoisotopic (exact) mass is 633 g/mol. The number of anilines is 1. The van der Waals surface area contributed by atoms with Gasteiger partial charge in [0.2, 0.25) is 11.8 Å². The molecular formula is C34H43N5O7. The summed E-state index contributed by atoms with van der Waals surface area (Å²) in [4.78, 5) is 72.0. The molecule has 1 atom stereocenters. The first-order valence-electron chi connectivity index (χ1n) is 16.2. The van der Waals surface area contributed by atoms with E-state index < -0.39 is 35.3 Å². The maximum atomic E-state index is 13.0. The number of piperidine rings is 1. The van der Waals surface area contributed by atoms with E-state index in [-0.39, 0.29) is 29.9 Å². The van der Waals surface area contributed by atoms with E-state index >= 15 is 0 Å². The number of aromatic nitrogens is 1. The Balaban J connectivity index is 0.948. The van der Waals surface area contributed by atoms with Crippen molar-refractivity contribution in [2.45, 2.75) is 77.4 Å². The van der Waals surface area contributed by atoms with Crippen LogP contribution in [0.2, 0.25) is 0 Å². The number of imide groups is 2. The number of amides is 4. The molecule has 1 unspecified atom stereocenters. The van der Waals surface area contributed by atoms with Gasteiger partial charge < -0.3 is 14.4 Å². The Hall–Kier alpha value is -4.32. The summed E-state index contributed by atoms with van der Waals surface area (Å²) in [7, 11) is 0. The molecular weight excluding hydrogens is 590 g/mol. The van der Waals surface area contributed by atoms with Crippen LogP contribution in [0.15, 0.2) is 36.5 Å². The first-order valence-corrected chi connectivity index (χ1v) is 16.2. The molecule has 0 radical (unpaired) electrons. The quantitative estimate of drug-likeness (QED) is 0.210. The van der Waals surface area contributed by atoms with Gasteiger partial charge in [0.1, 0.15) is 23.2 Å². The van der Waals surface area contributed by atoms with Crippen LogP contribution in [0.4, 0.5) is 5.82 Å². The van der Waals surface area contributed by atoms with Crippen LogP contribution in [0.1, 0.15) is 96.8 Å². The minimum Gasteiger partial charge on any atom is -0.494 e. The predicted octanol–water partition coefficient (Wildman–Crippen LogP) is 3.59. The number of hydrogen-bond acceptors (Lipinski definition) is 10. The lowest BCUT2D eigenvalue weighted by Gasteiger charge is -2.35. The molecule has 0 saturated carbocycles. The second kappa shape index (κ2) is 14.4. The number of piperazine rings is 1. The van der Waals surface area contributed by atoms with Gasteiger partial charge in [-0.1, -0.05) is 19.3 Å². The molecule has 46 heavy (non-hydrogen) atoms. The van der Waals surface area contributed by atoms with Gasteiger partial charge in [-0.05, 0) is 76.9 Å². The molecule has 1 aromatic heterocycles. The topological polar surface area (TPSA) is 138 Å². The van der Waals surface area contributed by atoms with Crippen LogP contribution in [0.3, 0.4) is 0 Å². The normalized spacial score (nSPS) is 18.9. The summed E-state index contributed by atoms with van der Waals surface area (Å²) in [5.74, 6) is -1.05. The van der Waals surface area contributed by atoms with Crippen LogP contribution in [0, 0.1) is 0 Å². The van der Waals surface area contributed by atoms with Crippen molar-refractivity contribution >= 4 is 35.4 Å². The Bertz CT molecular complexity index is 1460. The van der Waals surface area contributed by atoms with E-state index in [0.29, 0.717) is 17.9 Å². The molecule has 2 aromatic rings. The minimum absolute atomic E-state index is 0.0867. The fourth-order valence-electron chi connectivity index (χ4n) is 5.93. The lowest BCUT2D eigenvalue weighted by molar-refractivity contribution is -0.136. The first-order chi connectivity index (χ1) is 22.0. The highest BCUT2D eigenvalue weighted by Gasteiger charge is 2.44. The van der Waals surface area contributed by atoms with E-state index in [9.17, 15) is 24.0 Å². The second-order valence-electron chi connectivity index (χ2n) is 13.0. The van der Waals surface area contributed by atoms with Crippen LogP contribution in [-0.4, -0.2) is 95.4 Å². The van der Waals surface area contributed by atoms with Gasteiger partial charge in [-0.3, -0.25) is 34.3 Å². The maximum Gasteiger partial charge on any atom is 0.340 e. The molecule has 5 rings (SSSR count). The number of carbonyl (C=O) groups is 5. The third kappa shape index (κ3) is 8.09. The van der Waals surface area contributed by atoms with Crippen LogP contribution >= 0.6 is 0 Å². The number of unbranched alkanes of at least 4 members (excludes halogenated alkanes) is 4. The van der Waals surface area contributed by atoms with Gasteiger partial charge in [0.15, 0.2) is 0 Å². The summed E-state index contributed by atoms with van der Waals surface area (Å²) < 4.78 is 11.3. The average Bonchev–Trinajstić information content (AvgIpc) is 3.26. The number of nitrogens with one attached hydrogen (secondary N) is 1. The molecule has 4 amide bonds. The Morgan fingerprint density at radius 1 is 0.913 bits per heavy atom. The number of carbonyl (C=O) groups excluding carboxylic acids is 5. The largest absolute Gasteiger partial charge is 0.494 e. The van der Waals surface area contributed by atoms with E-state index in [1.54, 1.807) is 30.5 Å². The third-order valence-electron chi connectivity index (χ3n) is 8.38. The second-order valence-corrected chi connectivity index (χ2v) is 13.0. The van der Waals surface area contributed by atoms with Gasteiger partial charge in [-0.2, -0.15) is 0 Å². The van der Waals surface area contributed by atoms with E-state index in [4.69, 9.17) is 9.47 Å². The summed E-state index contributed by atoms with van der Waals surface area (Å²) in [5, 5.41) is 2.20. The zero-order valence-corrected chi connectivity index (χ0v) is 26.9. The van der Waals surface area contributed by atoms with Crippen molar-refractivity contribution in [2.24, 2.45) is 0 Å². The smallest absolute Gasteiger partial charge is 0.340 e. The van der Waals surface area contributed by atoms with Crippen molar-refractivity contribution in [3.05, 3.63) is 53.2 Å². The molecule has 246 valence electrons. The van der Waals surface area contributed by atoms with Crippen molar-refractivity contribution in [3.63, 3.8) is 0 Å². The Morgan fingerprint density at radius 2 is 1.63 bits per heavy atom. The standard InChI is InChI=1S/C34H43N5O7/c1-34(2,3)46-33(44)23-9-13-28(35-22-23)38-18-16-37(17-19-38)15-7-5-4-6-8-20-45-24-10-11-25-26(21-24)32(43)39(31(25)42)27-12-14-29(40)36-30(27)41/h9-11,13,21-22,27H,4-8,12,14-20H2,1-3H3,(H,36,40,41). The van der Waals surface area contributed by atoms with Crippen LogP contribution in [0.25, 0.3) is 0 Å². The lowest BCUT2D eigenvalue weighted by atomic mass is 10.0. The number of ether oxygens (including phenoxy) is 2. The van der Waals surface area contributed by atoms with Crippen LogP contribution in [0.5, 0.6) is 5.75 Å². The Labute approximate surface area is 269 Å². The van der Waals surface area contributed by atoms with Crippen molar-refractivity contribution in [1.82, 2.24) is 20.1 Å². The molecule has 0 bridgehead atoms. The van der Waals surface area contributed by atoms with E-state index in [0.717, 1.165) is 75.5 Å². The van der Waals surface area contributed by atoms with Gasteiger partial charge in [0.25, 0.3) is 11.8 Å². The minimum atomic E-state index is -0.979. The molecule has 1 aromatic carbocycles. The fraction of sp³-hybridized carbons (Fsp3) is 0.529. The molecule has 3 aliphatic rings. The van der Waals surface area contributed by atoms with Gasteiger partial charge in [0.05, 0.1) is 23.3 Å². The maximum absolute atomic E-state index is 13.0. The number of hydrogen-bond donors (Lipinski definition) is 1. The highest BCUT2D eigenvalue weighted by Crippen LogP contribution is 2.30. The van der Waals surface area contributed by atoms with Crippen LogP contribution in [-0.2, 0) is 14.3 Å².